The van der Waals surface area contributed by atoms with Gasteiger partial charge >= 0.3 is 0 Å². The van der Waals surface area contributed by atoms with E-state index in [4.69, 9.17) is 4.74 Å². The Kier molecular flexibility index (Phi) is 5.01. The minimum atomic E-state index is 0.0337. The van der Waals surface area contributed by atoms with Gasteiger partial charge in [-0.2, -0.15) is 0 Å². The van der Waals surface area contributed by atoms with Gasteiger partial charge in [0, 0.05) is 23.1 Å². The molecule has 0 atom stereocenters. The van der Waals surface area contributed by atoms with Crippen molar-refractivity contribution in [3.8, 4) is 0 Å². The van der Waals surface area contributed by atoms with Crippen LogP contribution in [0.4, 0.5) is 5.69 Å². The highest BCUT2D eigenvalue weighted by molar-refractivity contribution is 9.10. The molecule has 1 aliphatic heterocycles. The maximum atomic E-state index is 5.61. The lowest BCUT2D eigenvalue weighted by Gasteiger charge is -2.44. The first kappa shape index (κ1) is 16.8. The molecule has 1 saturated heterocycles. The molecule has 4 heteroatoms. The van der Waals surface area contributed by atoms with Crippen molar-refractivity contribution < 1.29 is 4.74 Å². The predicted octanol–water partition coefficient (Wildman–Crippen LogP) is 3.95. The van der Waals surface area contributed by atoms with Crippen LogP contribution in [-0.2, 0) is 11.3 Å². The molecule has 0 unspecified atom stereocenters. The number of nitrogens with zero attached hydrogens (tertiary/aromatic N) is 1. The predicted molar refractivity (Wildman–Crippen MR) is 93.0 cm³/mol. The number of nitrogens with one attached hydrogen (secondary N) is 1. The highest BCUT2D eigenvalue weighted by Gasteiger charge is 2.31. The average Bonchev–Trinajstić information content (AvgIpc) is 2.36. The highest BCUT2D eigenvalue weighted by Crippen LogP contribution is 2.33. The van der Waals surface area contributed by atoms with E-state index in [9.17, 15) is 0 Å². The number of hydrogen-bond acceptors (Lipinski definition) is 3. The zero-order valence-electron chi connectivity index (χ0n) is 13.8. The zero-order chi connectivity index (χ0) is 15.7. The molecule has 118 valence electrons. The van der Waals surface area contributed by atoms with E-state index >= 15 is 0 Å². The topological polar surface area (TPSA) is 24.5 Å². The molecule has 0 saturated carbocycles. The van der Waals surface area contributed by atoms with E-state index in [0.29, 0.717) is 0 Å². The molecule has 1 fully saturated rings. The minimum absolute atomic E-state index is 0.0337. The van der Waals surface area contributed by atoms with Crippen molar-refractivity contribution in [2.75, 3.05) is 24.7 Å². The first-order valence-corrected chi connectivity index (χ1v) is 8.37. The molecule has 1 aromatic carbocycles. The Labute approximate surface area is 137 Å². The molecule has 1 aliphatic rings. The summed E-state index contributed by atoms with van der Waals surface area (Å²) >= 11 is 3.74. The van der Waals surface area contributed by atoms with Gasteiger partial charge in [-0.3, -0.25) is 0 Å². The van der Waals surface area contributed by atoms with E-state index in [2.05, 4.69) is 79.0 Å². The Morgan fingerprint density at radius 3 is 2.62 bits per heavy atom. The molecule has 1 N–H and O–H groups in total. The molecule has 0 aliphatic carbocycles. The van der Waals surface area contributed by atoms with Crippen molar-refractivity contribution in [1.29, 1.82) is 0 Å². The lowest BCUT2D eigenvalue weighted by atomic mass is 10.0. The quantitative estimate of drug-likeness (QED) is 0.889. The van der Waals surface area contributed by atoms with Crippen LogP contribution in [-0.4, -0.2) is 30.8 Å². The SMILES string of the molecule is CC(C)(C)NCc1ccc(N2CCOCC2(C)C)c(Br)c1. The molecule has 3 nitrogen and oxygen atoms in total. The van der Waals surface area contributed by atoms with Crippen molar-refractivity contribution in [1.82, 2.24) is 5.32 Å². The van der Waals surface area contributed by atoms with Crippen LogP contribution in [0.15, 0.2) is 22.7 Å². The summed E-state index contributed by atoms with van der Waals surface area (Å²) in [6, 6.07) is 6.65. The van der Waals surface area contributed by atoms with Crippen LogP contribution >= 0.6 is 15.9 Å². The van der Waals surface area contributed by atoms with Crippen LogP contribution in [0.2, 0.25) is 0 Å². The van der Waals surface area contributed by atoms with Crippen molar-refractivity contribution >= 4 is 21.6 Å². The third kappa shape index (κ3) is 4.44. The van der Waals surface area contributed by atoms with Crippen molar-refractivity contribution in [2.45, 2.75) is 52.2 Å². The first-order valence-electron chi connectivity index (χ1n) is 7.58. The Bertz CT molecular complexity index is 494. The Balaban J connectivity index is 2.15. The largest absolute Gasteiger partial charge is 0.377 e. The summed E-state index contributed by atoms with van der Waals surface area (Å²) in [4.78, 5) is 2.43. The standard InChI is InChI=1S/C17H27BrN2O/c1-16(2,3)19-11-13-6-7-15(14(18)10-13)20-8-9-21-12-17(20,4)5/h6-7,10,19H,8-9,11-12H2,1-5H3. The summed E-state index contributed by atoms with van der Waals surface area (Å²) in [6.45, 7) is 14.4. The first-order chi connectivity index (χ1) is 9.69. The lowest BCUT2D eigenvalue weighted by Crippen LogP contribution is -2.53. The van der Waals surface area contributed by atoms with Gasteiger partial charge < -0.3 is 15.0 Å². The van der Waals surface area contributed by atoms with E-state index in [1.54, 1.807) is 0 Å². The van der Waals surface area contributed by atoms with E-state index in [0.717, 1.165) is 30.8 Å². The van der Waals surface area contributed by atoms with Gasteiger partial charge in [-0.1, -0.05) is 6.07 Å². The van der Waals surface area contributed by atoms with E-state index in [1.165, 1.54) is 11.3 Å². The molecule has 0 amide bonds. The van der Waals surface area contributed by atoms with E-state index in [1.807, 2.05) is 0 Å². The summed E-state index contributed by atoms with van der Waals surface area (Å²) in [5.41, 5.74) is 2.72. The molecular formula is C17H27BrN2O. The van der Waals surface area contributed by atoms with Crippen LogP contribution in [0.25, 0.3) is 0 Å². The summed E-state index contributed by atoms with van der Waals surface area (Å²) in [7, 11) is 0. The lowest BCUT2D eigenvalue weighted by molar-refractivity contribution is 0.0643. The summed E-state index contributed by atoms with van der Waals surface area (Å²) in [5.74, 6) is 0. The van der Waals surface area contributed by atoms with Gasteiger partial charge in [0.15, 0.2) is 0 Å². The molecule has 21 heavy (non-hydrogen) atoms. The second kappa shape index (κ2) is 6.27. The molecule has 2 rings (SSSR count). The number of anilines is 1. The maximum absolute atomic E-state index is 5.61. The van der Waals surface area contributed by atoms with E-state index < -0.39 is 0 Å². The van der Waals surface area contributed by atoms with Gasteiger partial charge in [-0.05, 0) is 68.2 Å². The molecule has 1 aromatic rings. The molecule has 1 heterocycles. The molecule has 0 radical (unpaired) electrons. The van der Waals surface area contributed by atoms with Crippen LogP contribution in [0.1, 0.15) is 40.2 Å². The average molecular weight is 355 g/mol. The molecular weight excluding hydrogens is 328 g/mol. The number of halogens is 1. The molecule has 0 spiro atoms. The van der Waals surface area contributed by atoms with Gasteiger partial charge in [0.2, 0.25) is 0 Å². The van der Waals surface area contributed by atoms with Crippen LogP contribution in [0, 0.1) is 0 Å². The van der Waals surface area contributed by atoms with Crippen molar-refractivity contribution in [3.05, 3.63) is 28.2 Å². The minimum Gasteiger partial charge on any atom is -0.377 e. The van der Waals surface area contributed by atoms with Gasteiger partial charge in [0.05, 0.1) is 24.4 Å². The Morgan fingerprint density at radius 1 is 1.33 bits per heavy atom. The fourth-order valence-corrected chi connectivity index (χ4v) is 3.19. The normalized spacial score (nSPS) is 18.9. The fraction of sp³-hybridized carbons (Fsp3) is 0.647. The number of benzene rings is 1. The van der Waals surface area contributed by atoms with Gasteiger partial charge in [-0.25, -0.2) is 0 Å². The van der Waals surface area contributed by atoms with Crippen LogP contribution in [0.5, 0.6) is 0 Å². The molecule has 0 bridgehead atoms. The van der Waals surface area contributed by atoms with Gasteiger partial charge in [0.1, 0.15) is 0 Å². The third-order valence-electron chi connectivity index (χ3n) is 3.77. The molecule has 0 aromatic heterocycles. The van der Waals surface area contributed by atoms with Gasteiger partial charge in [-0.15, -0.1) is 0 Å². The number of rotatable bonds is 3. The zero-order valence-corrected chi connectivity index (χ0v) is 15.4. The summed E-state index contributed by atoms with van der Waals surface area (Å²) in [6.07, 6.45) is 0. The Hall–Kier alpha value is -0.580. The number of morpholine rings is 1. The van der Waals surface area contributed by atoms with Crippen LogP contribution < -0.4 is 10.2 Å². The van der Waals surface area contributed by atoms with Crippen molar-refractivity contribution in [3.63, 3.8) is 0 Å². The monoisotopic (exact) mass is 354 g/mol. The maximum Gasteiger partial charge on any atom is 0.0694 e. The second-order valence-electron chi connectivity index (χ2n) is 7.41. The summed E-state index contributed by atoms with van der Waals surface area (Å²) < 4.78 is 6.77. The third-order valence-corrected chi connectivity index (χ3v) is 4.41. The smallest absolute Gasteiger partial charge is 0.0694 e. The van der Waals surface area contributed by atoms with Gasteiger partial charge in [0.25, 0.3) is 0 Å². The Morgan fingerprint density at radius 2 is 2.05 bits per heavy atom. The number of hydrogen-bond donors (Lipinski definition) is 1. The number of ether oxygens (including phenoxy) is 1. The second-order valence-corrected chi connectivity index (χ2v) is 8.26. The van der Waals surface area contributed by atoms with Crippen molar-refractivity contribution in [2.24, 2.45) is 0 Å². The fourth-order valence-electron chi connectivity index (χ4n) is 2.55. The van der Waals surface area contributed by atoms with E-state index in [-0.39, 0.29) is 11.1 Å². The van der Waals surface area contributed by atoms with Crippen LogP contribution in [0.3, 0.4) is 0 Å². The summed E-state index contributed by atoms with van der Waals surface area (Å²) in [5, 5.41) is 3.53. The highest BCUT2D eigenvalue weighted by atomic mass is 79.9.